The van der Waals surface area contributed by atoms with Gasteiger partial charge in [-0.1, -0.05) is 0 Å². The highest BCUT2D eigenvalue weighted by molar-refractivity contribution is 5.94. The molecular formula is C15H20N2O3. The Balaban J connectivity index is 2.14. The van der Waals surface area contributed by atoms with Crippen LogP contribution in [-0.2, 0) is 11.3 Å². The molecule has 0 aromatic heterocycles. The number of nitrogens with zero attached hydrogens (tertiary/aromatic N) is 2. The van der Waals surface area contributed by atoms with E-state index in [1.165, 1.54) is 13.0 Å². The van der Waals surface area contributed by atoms with Crippen LogP contribution in [-0.4, -0.2) is 53.3 Å². The molecule has 0 radical (unpaired) electrons. The number of ketones is 1. The third-order valence-corrected chi connectivity index (χ3v) is 3.63. The van der Waals surface area contributed by atoms with Crippen molar-refractivity contribution in [2.75, 3.05) is 26.7 Å². The van der Waals surface area contributed by atoms with Crippen LogP contribution in [0.5, 0.6) is 5.75 Å². The molecule has 0 bridgehead atoms. The Hall–Kier alpha value is -1.88. The van der Waals surface area contributed by atoms with Gasteiger partial charge in [-0.25, -0.2) is 0 Å². The van der Waals surface area contributed by atoms with Crippen LogP contribution in [0.2, 0.25) is 0 Å². The maximum Gasteiger partial charge on any atom is 0.236 e. The molecule has 1 aromatic carbocycles. The molecule has 0 unspecified atom stereocenters. The summed E-state index contributed by atoms with van der Waals surface area (Å²) in [6.45, 7) is 3.89. The molecule has 1 aliphatic rings. The summed E-state index contributed by atoms with van der Waals surface area (Å²) in [6.07, 6.45) is 0.912. The second-order valence-corrected chi connectivity index (χ2v) is 5.28. The number of likely N-dealkylation sites (N-methyl/N-ethyl adjacent to an activating group) is 1. The number of hydrogen-bond donors (Lipinski definition) is 1. The molecule has 20 heavy (non-hydrogen) atoms. The Morgan fingerprint density at radius 2 is 2.10 bits per heavy atom. The lowest BCUT2D eigenvalue weighted by atomic mass is 10.1. The van der Waals surface area contributed by atoms with Gasteiger partial charge in [-0.3, -0.25) is 14.5 Å². The number of amides is 1. The summed E-state index contributed by atoms with van der Waals surface area (Å²) in [6, 6.07) is 4.86. The van der Waals surface area contributed by atoms with Gasteiger partial charge in [0.1, 0.15) is 5.75 Å². The Morgan fingerprint density at radius 1 is 1.35 bits per heavy atom. The van der Waals surface area contributed by atoms with Crippen LogP contribution < -0.4 is 0 Å². The normalized spacial score (nSPS) is 17.1. The molecule has 1 aliphatic heterocycles. The summed E-state index contributed by atoms with van der Waals surface area (Å²) in [7, 11) is 1.81. The van der Waals surface area contributed by atoms with E-state index in [4.69, 9.17) is 0 Å². The molecule has 0 atom stereocenters. The second kappa shape index (κ2) is 6.05. The van der Waals surface area contributed by atoms with Gasteiger partial charge in [-0.05, 0) is 31.5 Å². The van der Waals surface area contributed by atoms with Crippen LogP contribution >= 0.6 is 0 Å². The average Bonchev–Trinajstić information content (AvgIpc) is 2.54. The first kappa shape index (κ1) is 14.5. The third-order valence-electron chi connectivity index (χ3n) is 3.63. The zero-order valence-electron chi connectivity index (χ0n) is 11.9. The summed E-state index contributed by atoms with van der Waals surface area (Å²) in [5, 5.41) is 9.90. The van der Waals surface area contributed by atoms with Crippen molar-refractivity contribution in [1.29, 1.82) is 0 Å². The quantitative estimate of drug-likeness (QED) is 0.844. The van der Waals surface area contributed by atoms with E-state index in [1.807, 2.05) is 4.90 Å². The van der Waals surface area contributed by atoms with Gasteiger partial charge >= 0.3 is 0 Å². The first-order chi connectivity index (χ1) is 9.47. The molecule has 0 aliphatic carbocycles. The molecule has 1 saturated heterocycles. The van der Waals surface area contributed by atoms with Crippen molar-refractivity contribution in [2.45, 2.75) is 19.9 Å². The van der Waals surface area contributed by atoms with Gasteiger partial charge in [0.05, 0.1) is 6.54 Å². The average molecular weight is 276 g/mol. The van der Waals surface area contributed by atoms with E-state index in [0.717, 1.165) is 19.5 Å². The number of aromatic hydroxyl groups is 1. The molecule has 5 heteroatoms. The predicted octanol–water partition coefficient (Wildman–Crippen LogP) is 1.26. The lowest BCUT2D eigenvalue weighted by molar-refractivity contribution is -0.130. The molecule has 108 valence electrons. The highest BCUT2D eigenvalue weighted by atomic mass is 16.3. The maximum absolute atomic E-state index is 11.8. The minimum atomic E-state index is -0.0297. The van der Waals surface area contributed by atoms with Crippen LogP contribution in [0.3, 0.4) is 0 Å². The molecule has 2 rings (SSSR count). The van der Waals surface area contributed by atoms with Gasteiger partial charge in [-0.15, -0.1) is 0 Å². The van der Waals surface area contributed by atoms with Crippen molar-refractivity contribution < 1.29 is 14.7 Å². The second-order valence-electron chi connectivity index (χ2n) is 5.28. The number of carbonyl (C=O) groups is 2. The van der Waals surface area contributed by atoms with Crippen molar-refractivity contribution in [3.05, 3.63) is 29.3 Å². The van der Waals surface area contributed by atoms with E-state index < -0.39 is 0 Å². The fourth-order valence-electron chi connectivity index (χ4n) is 2.35. The van der Waals surface area contributed by atoms with Gasteiger partial charge in [0.15, 0.2) is 5.78 Å². The first-order valence-electron chi connectivity index (χ1n) is 6.76. The smallest absolute Gasteiger partial charge is 0.236 e. The largest absolute Gasteiger partial charge is 0.508 e. The van der Waals surface area contributed by atoms with E-state index in [2.05, 4.69) is 0 Å². The Morgan fingerprint density at radius 3 is 2.80 bits per heavy atom. The third kappa shape index (κ3) is 3.36. The summed E-state index contributed by atoms with van der Waals surface area (Å²) in [4.78, 5) is 27.0. The number of rotatable bonds is 3. The molecule has 1 heterocycles. The van der Waals surface area contributed by atoms with Crippen LogP contribution in [0.1, 0.15) is 29.3 Å². The fraction of sp³-hybridized carbons (Fsp3) is 0.467. The van der Waals surface area contributed by atoms with Crippen LogP contribution in [0, 0.1) is 0 Å². The highest BCUT2D eigenvalue weighted by Crippen LogP contribution is 2.21. The summed E-state index contributed by atoms with van der Waals surface area (Å²) >= 11 is 0. The number of carbonyl (C=O) groups excluding carboxylic acids is 2. The standard InChI is InChI=1S/C15H20N2O3/c1-11(18)12-4-5-14(19)13(8-12)9-17-7-3-6-16(2)15(20)10-17/h4-5,8,19H,3,6-7,9-10H2,1-2H3. The first-order valence-corrected chi connectivity index (χ1v) is 6.76. The van der Waals surface area contributed by atoms with Gasteiger partial charge in [0.25, 0.3) is 0 Å². The molecule has 1 aromatic rings. The van der Waals surface area contributed by atoms with E-state index in [-0.39, 0.29) is 17.4 Å². The summed E-state index contributed by atoms with van der Waals surface area (Å²) in [5.41, 5.74) is 1.27. The Kier molecular flexibility index (Phi) is 4.39. The molecular weight excluding hydrogens is 256 g/mol. The van der Waals surface area contributed by atoms with Gasteiger partial charge in [0.2, 0.25) is 5.91 Å². The Bertz CT molecular complexity index is 528. The number of phenolic OH excluding ortho intramolecular Hbond substituents is 1. The van der Waals surface area contributed by atoms with Crippen molar-refractivity contribution >= 4 is 11.7 Å². The van der Waals surface area contributed by atoms with Crippen molar-refractivity contribution in [3.8, 4) is 5.75 Å². The van der Waals surface area contributed by atoms with Crippen molar-refractivity contribution in [3.63, 3.8) is 0 Å². The molecule has 1 N–H and O–H groups in total. The van der Waals surface area contributed by atoms with E-state index in [0.29, 0.717) is 24.2 Å². The number of Topliss-reactive ketones (excluding diaryl/α,β-unsaturated/α-hetero) is 1. The van der Waals surface area contributed by atoms with Gasteiger partial charge in [-0.2, -0.15) is 0 Å². The topological polar surface area (TPSA) is 60.9 Å². The fourth-order valence-corrected chi connectivity index (χ4v) is 2.35. The van der Waals surface area contributed by atoms with Crippen LogP contribution in [0.25, 0.3) is 0 Å². The lowest BCUT2D eigenvalue weighted by Crippen LogP contribution is -2.34. The van der Waals surface area contributed by atoms with Gasteiger partial charge in [0, 0.05) is 37.8 Å². The van der Waals surface area contributed by atoms with E-state index in [1.54, 1.807) is 24.1 Å². The number of phenols is 1. The summed E-state index contributed by atoms with van der Waals surface area (Å²) < 4.78 is 0. The molecule has 5 nitrogen and oxygen atoms in total. The predicted molar refractivity (Wildman–Crippen MR) is 75.6 cm³/mol. The van der Waals surface area contributed by atoms with Crippen LogP contribution in [0.4, 0.5) is 0 Å². The minimum absolute atomic E-state index is 0.0297. The molecule has 1 fully saturated rings. The zero-order chi connectivity index (χ0) is 14.7. The molecule has 1 amide bonds. The SMILES string of the molecule is CC(=O)c1ccc(O)c(CN2CCCN(C)C(=O)C2)c1. The van der Waals surface area contributed by atoms with Crippen molar-refractivity contribution in [1.82, 2.24) is 9.80 Å². The Labute approximate surface area is 118 Å². The van der Waals surface area contributed by atoms with Crippen molar-refractivity contribution in [2.24, 2.45) is 0 Å². The molecule has 0 saturated carbocycles. The monoisotopic (exact) mass is 276 g/mol. The van der Waals surface area contributed by atoms with E-state index >= 15 is 0 Å². The maximum atomic E-state index is 11.8. The van der Waals surface area contributed by atoms with Gasteiger partial charge < -0.3 is 10.0 Å². The minimum Gasteiger partial charge on any atom is -0.508 e. The number of hydrogen-bond acceptors (Lipinski definition) is 4. The number of benzene rings is 1. The molecule has 0 spiro atoms. The zero-order valence-corrected chi connectivity index (χ0v) is 11.9. The van der Waals surface area contributed by atoms with E-state index in [9.17, 15) is 14.7 Å². The van der Waals surface area contributed by atoms with Crippen LogP contribution in [0.15, 0.2) is 18.2 Å². The lowest BCUT2D eigenvalue weighted by Gasteiger charge is -2.20. The highest BCUT2D eigenvalue weighted by Gasteiger charge is 2.20. The summed E-state index contributed by atoms with van der Waals surface area (Å²) in [5.74, 6) is 0.225.